The van der Waals surface area contributed by atoms with Crippen LogP contribution in [0.4, 0.5) is 0 Å². The Morgan fingerprint density at radius 3 is 2.62 bits per heavy atom. The fourth-order valence-electron chi connectivity index (χ4n) is 2.79. The highest BCUT2D eigenvalue weighted by atomic mass is 16.4. The number of carbonyl (C=O) groups excluding carboxylic acids is 1. The van der Waals surface area contributed by atoms with Gasteiger partial charge in [-0.1, -0.05) is 30.3 Å². The first-order valence-electron chi connectivity index (χ1n) is 7.45. The lowest BCUT2D eigenvalue weighted by molar-refractivity contribution is -0.138. The number of aromatic nitrogens is 1. The molecule has 0 radical (unpaired) electrons. The molecule has 6 N–H and O–H groups in total. The van der Waals surface area contributed by atoms with Crippen LogP contribution in [0.25, 0.3) is 22.0 Å². The molecule has 6 nitrogen and oxygen atoms in total. The standard InChI is InChI=1S/C18H17N3O3/c19-15(18(23)24)8-12-9-21-16-13(5-2-6-14(12)16)10-3-1-4-11(7-10)17(20)22/h1-7,9,15,21H,8,19H2,(H2,20,22)(H,23,24). The molecule has 1 amide bonds. The van der Waals surface area contributed by atoms with Gasteiger partial charge in [-0.15, -0.1) is 0 Å². The summed E-state index contributed by atoms with van der Waals surface area (Å²) in [5.41, 5.74) is 14.9. The molecule has 0 aliphatic carbocycles. The van der Waals surface area contributed by atoms with Crippen molar-refractivity contribution in [2.24, 2.45) is 11.5 Å². The summed E-state index contributed by atoms with van der Waals surface area (Å²) in [6, 6.07) is 11.8. The van der Waals surface area contributed by atoms with Crippen LogP contribution in [-0.4, -0.2) is 28.0 Å². The number of carboxylic acid groups (broad SMARTS) is 1. The number of nitrogens with two attached hydrogens (primary N) is 2. The van der Waals surface area contributed by atoms with E-state index in [0.717, 1.165) is 27.6 Å². The number of H-pyrrole nitrogens is 1. The topological polar surface area (TPSA) is 122 Å². The smallest absolute Gasteiger partial charge is 0.320 e. The Kier molecular flexibility index (Phi) is 4.05. The molecule has 0 bridgehead atoms. The summed E-state index contributed by atoms with van der Waals surface area (Å²) in [5, 5.41) is 9.90. The Hall–Kier alpha value is -3.12. The van der Waals surface area contributed by atoms with Crippen LogP contribution in [0.2, 0.25) is 0 Å². The second-order valence-electron chi connectivity index (χ2n) is 5.64. The summed E-state index contributed by atoms with van der Waals surface area (Å²) in [7, 11) is 0. The Morgan fingerprint density at radius 1 is 1.17 bits per heavy atom. The Morgan fingerprint density at radius 2 is 1.92 bits per heavy atom. The minimum absolute atomic E-state index is 0.236. The molecule has 1 heterocycles. The van der Waals surface area contributed by atoms with Crippen molar-refractivity contribution in [1.29, 1.82) is 0 Å². The molecule has 122 valence electrons. The van der Waals surface area contributed by atoms with Crippen molar-refractivity contribution < 1.29 is 14.7 Å². The lowest BCUT2D eigenvalue weighted by atomic mass is 9.98. The number of benzene rings is 2. The summed E-state index contributed by atoms with van der Waals surface area (Å²) in [6.07, 6.45) is 2.01. The van der Waals surface area contributed by atoms with Crippen LogP contribution in [0.3, 0.4) is 0 Å². The molecule has 1 aromatic heterocycles. The zero-order chi connectivity index (χ0) is 17.3. The van der Waals surface area contributed by atoms with Crippen LogP contribution in [-0.2, 0) is 11.2 Å². The van der Waals surface area contributed by atoms with Gasteiger partial charge in [0.2, 0.25) is 5.91 Å². The molecule has 0 spiro atoms. The number of hydrogen-bond donors (Lipinski definition) is 4. The summed E-state index contributed by atoms with van der Waals surface area (Å²) in [5.74, 6) is -1.52. The fraction of sp³-hybridized carbons (Fsp3) is 0.111. The molecule has 0 saturated heterocycles. The lowest BCUT2D eigenvalue weighted by Crippen LogP contribution is -2.32. The number of fused-ring (bicyclic) bond motifs is 1. The molecular formula is C18H17N3O3. The second-order valence-corrected chi connectivity index (χ2v) is 5.64. The van der Waals surface area contributed by atoms with Crippen molar-refractivity contribution in [2.75, 3.05) is 0 Å². The average molecular weight is 323 g/mol. The van der Waals surface area contributed by atoms with Gasteiger partial charge in [0.05, 0.1) is 5.52 Å². The molecule has 6 heteroatoms. The largest absolute Gasteiger partial charge is 0.480 e. The third-order valence-electron chi connectivity index (χ3n) is 4.02. The molecular weight excluding hydrogens is 306 g/mol. The Balaban J connectivity index is 2.07. The van der Waals surface area contributed by atoms with Gasteiger partial charge in [-0.2, -0.15) is 0 Å². The molecule has 0 fully saturated rings. The number of carboxylic acids is 1. The first-order valence-corrected chi connectivity index (χ1v) is 7.45. The SMILES string of the molecule is NC(=O)c1cccc(-c2cccc3c(CC(N)C(=O)O)c[nH]c23)c1. The van der Waals surface area contributed by atoms with E-state index >= 15 is 0 Å². The number of rotatable bonds is 5. The molecule has 1 atom stereocenters. The van der Waals surface area contributed by atoms with E-state index in [1.54, 1.807) is 24.4 Å². The molecule has 2 aromatic carbocycles. The number of primary amides is 1. The molecule has 0 aliphatic rings. The van der Waals surface area contributed by atoms with Crippen molar-refractivity contribution in [2.45, 2.75) is 12.5 Å². The van der Waals surface area contributed by atoms with Crippen LogP contribution >= 0.6 is 0 Å². The number of para-hydroxylation sites is 1. The van der Waals surface area contributed by atoms with Gasteiger partial charge in [-0.05, 0) is 23.3 Å². The Bertz CT molecular complexity index is 930. The first-order chi connectivity index (χ1) is 11.5. The maximum absolute atomic E-state index is 11.4. The van der Waals surface area contributed by atoms with E-state index in [2.05, 4.69) is 4.98 Å². The zero-order valence-electron chi connectivity index (χ0n) is 12.8. The number of carbonyl (C=O) groups is 2. The van der Waals surface area contributed by atoms with Crippen LogP contribution in [0, 0.1) is 0 Å². The molecule has 3 aromatic rings. The van der Waals surface area contributed by atoms with Crippen molar-refractivity contribution in [3.8, 4) is 11.1 Å². The van der Waals surface area contributed by atoms with E-state index in [0.29, 0.717) is 5.56 Å². The number of hydrogen-bond acceptors (Lipinski definition) is 3. The summed E-state index contributed by atoms with van der Waals surface area (Å²) >= 11 is 0. The Labute approximate surface area is 138 Å². The van der Waals surface area contributed by atoms with Crippen LogP contribution in [0.15, 0.2) is 48.7 Å². The quantitative estimate of drug-likeness (QED) is 0.572. The monoisotopic (exact) mass is 323 g/mol. The number of amides is 1. The average Bonchev–Trinajstić information content (AvgIpc) is 2.98. The maximum atomic E-state index is 11.4. The predicted octanol–water partition coefficient (Wildman–Crippen LogP) is 1.89. The highest BCUT2D eigenvalue weighted by Gasteiger charge is 2.16. The van der Waals surface area contributed by atoms with Crippen LogP contribution < -0.4 is 11.5 Å². The molecule has 0 saturated carbocycles. The van der Waals surface area contributed by atoms with Gasteiger partial charge in [0.25, 0.3) is 0 Å². The van der Waals surface area contributed by atoms with E-state index in [9.17, 15) is 9.59 Å². The molecule has 24 heavy (non-hydrogen) atoms. The summed E-state index contributed by atoms with van der Waals surface area (Å²) in [4.78, 5) is 25.5. The summed E-state index contributed by atoms with van der Waals surface area (Å²) in [6.45, 7) is 0. The van der Waals surface area contributed by atoms with E-state index in [-0.39, 0.29) is 6.42 Å². The zero-order valence-corrected chi connectivity index (χ0v) is 12.8. The van der Waals surface area contributed by atoms with Gasteiger partial charge in [0, 0.05) is 29.1 Å². The number of aromatic amines is 1. The van der Waals surface area contributed by atoms with Gasteiger partial charge in [-0.25, -0.2) is 0 Å². The van der Waals surface area contributed by atoms with Crippen LogP contribution in [0.1, 0.15) is 15.9 Å². The van der Waals surface area contributed by atoms with Crippen molar-refractivity contribution >= 4 is 22.8 Å². The molecule has 0 aliphatic heterocycles. The first kappa shape index (κ1) is 15.8. The van der Waals surface area contributed by atoms with E-state index < -0.39 is 17.9 Å². The fourth-order valence-corrected chi connectivity index (χ4v) is 2.79. The van der Waals surface area contributed by atoms with E-state index in [1.807, 2.05) is 24.3 Å². The van der Waals surface area contributed by atoms with Gasteiger partial charge >= 0.3 is 5.97 Å². The van der Waals surface area contributed by atoms with Crippen molar-refractivity contribution in [1.82, 2.24) is 4.98 Å². The highest BCUT2D eigenvalue weighted by Crippen LogP contribution is 2.30. The number of nitrogens with one attached hydrogen (secondary N) is 1. The van der Waals surface area contributed by atoms with Crippen molar-refractivity contribution in [3.05, 3.63) is 59.8 Å². The third kappa shape index (κ3) is 2.87. The highest BCUT2D eigenvalue weighted by molar-refractivity contribution is 5.99. The molecule has 3 rings (SSSR count). The lowest BCUT2D eigenvalue weighted by Gasteiger charge is -2.07. The minimum atomic E-state index is -1.03. The normalized spacial score (nSPS) is 12.2. The number of aliphatic carboxylic acids is 1. The van der Waals surface area contributed by atoms with Gasteiger partial charge < -0.3 is 21.6 Å². The van der Waals surface area contributed by atoms with E-state index in [4.69, 9.17) is 16.6 Å². The van der Waals surface area contributed by atoms with Gasteiger partial charge in [-0.3, -0.25) is 9.59 Å². The van der Waals surface area contributed by atoms with Crippen LogP contribution in [0.5, 0.6) is 0 Å². The maximum Gasteiger partial charge on any atom is 0.320 e. The third-order valence-corrected chi connectivity index (χ3v) is 4.02. The summed E-state index contributed by atoms with van der Waals surface area (Å²) < 4.78 is 0. The van der Waals surface area contributed by atoms with Gasteiger partial charge in [0.1, 0.15) is 6.04 Å². The molecule has 1 unspecified atom stereocenters. The van der Waals surface area contributed by atoms with Crippen molar-refractivity contribution in [3.63, 3.8) is 0 Å². The minimum Gasteiger partial charge on any atom is -0.480 e. The predicted molar refractivity (Wildman–Crippen MR) is 91.6 cm³/mol. The van der Waals surface area contributed by atoms with Gasteiger partial charge in [0.15, 0.2) is 0 Å². The van der Waals surface area contributed by atoms with E-state index in [1.165, 1.54) is 0 Å². The second kappa shape index (κ2) is 6.17.